The molecule has 1 N–H and O–H groups in total. The van der Waals surface area contributed by atoms with Gasteiger partial charge < -0.3 is 10.0 Å². The largest absolute Gasteiger partial charge is 0.508 e. The molecule has 3 aliphatic rings. The van der Waals surface area contributed by atoms with Crippen LogP contribution in [0.5, 0.6) is 5.75 Å². The summed E-state index contributed by atoms with van der Waals surface area (Å²) in [5.41, 5.74) is 2.09. The predicted molar refractivity (Wildman–Crippen MR) is 155 cm³/mol. The highest BCUT2D eigenvalue weighted by Gasteiger charge is 2.57. The lowest BCUT2D eigenvalue weighted by molar-refractivity contribution is -0.284. The van der Waals surface area contributed by atoms with E-state index in [1.165, 1.54) is 17.3 Å². The maximum Gasteiger partial charge on any atom is 0.453 e. The van der Waals surface area contributed by atoms with Crippen molar-refractivity contribution in [1.29, 1.82) is 0 Å². The van der Waals surface area contributed by atoms with Gasteiger partial charge in [0.1, 0.15) is 17.7 Å². The zero-order valence-electron chi connectivity index (χ0n) is 24.7. The molecule has 42 heavy (non-hydrogen) atoms. The van der Waals surface area contributed by atoms with Gasteiger partial charge in [0.05, 0.1) is 0 Å². The molecule has 1 aromatic rings. The molecule has 3 aliphatic carbocycles. The van der Waals surface area contributed by atoms with Crippen LogP contribution in [0.15, 0.2) is 18.2 Å². The van der Waals surface area contributed by atoms with Gasteiger partial charge >= 0.3 is 12.1 Å². The van der Waals surface area contributed by atoms with Crippen LogP contribution in [0.1, 0.15) is 88.2 Å². The van der Waals surface area contributed by atoms with Crippen LogP contribution in [0.3, 0.4) is 0 Å². The minimum Gasteiger partial charge on any atom is -0.508 e. The number of carbonyl (C=O) groups is 1. The highest BCUT2D eigenvalue weighted by atomic mass is 32.2. The Kier molecular flexibility index (Phi) is 10.9. The molecule has 0 radical (unpaired) electrons. The van der Waals surface area contributed by atoms with Crippen molar-refractivity contribution >= 4 is 17.5 Å². The fourth-order valence-corrected chi connectivity index (χ4v) is 8.88. The summed E-state index contributed by atoms with van der Waals surface area (Å²) in [6, 6.07) is 5.62. The molecular formula is C32H45F6NO2S. The number of hydrogen-bond donors (Lipinski definition) is 1. The van der Waals surface area contributed by atoms with E-state index in [1.807, 2.05) is 19.2 Å². The molecule has 3 nitrogen and oxygen atoms in total. The molecule has 2 saturated carbocycles. The number of phenolic OH excluding ortho intramolecular Hbond substituents is 1. The van der Waals surface area contributed by atoms with Gasteiger partial charge in [-0.2, -0.15) is 33.7 Å². The molecule has 1 aromatic carbocycles. The van der Waals surface area contributed by atoms with Crippen molar-refractivity contribution in [2.75, 3.05) is 31.6 Å². The number of fused-ring (bicyclic) bond motifs is 5. The van der Waals surface area contributed by atoms with Crippen LogP contribution in [0, 0.1) is 23.2 Å². The quantitative estimate of drug-likeness (QED) is 0.167. The first-order chi connectivity index (χ1) is 19.7. The van der Waals surface area contributed by atoms with Gasteiger partial charge in [0.15, 0.2) is 0 Å². The van der Waals surface area contributed by atoms with Gasteiger partial charge in [-0.1, -0.05) is 13.0 Å². The van der Waals surface area contributed by atoms with Crippen molar-refractivity contribution in [1.82, 2.24) is 4.90 Å². The number of rotatable bonds is 14. The average molecular weight is 622 g/mol. The smallest absolute Gasteiger partial charge is 0.453 e. The van der Waals surface area contributed by atoms with E-state index in [4.69, 9.17) is 0 Å². The molecule has 1 unspecified atom stereocenters. The number of alkyl halides is 6. The van der Waals surface area contributed by atoms with E-state index in [-0.39, 0.29) is 41.1 Å². The molecule has 0 spiro atoms. The predicted octanol–water partition coefficient (Wildman–Crippen LogP) is 8.58. The second-order valence-electron chi connectivity index (χ2n) is 13.1. The summed E-state index contributed by atoms with van der Waals surface area (Å²) in [6.07, 6.45) is -1.34. The molecule has 4 rings (SSSR count). The summed E-state index contributed by atoms with van der Waals surface area (Å²) in [5.74, 6) is -2.07. The fourth-order valence-electron chi connectivity index (χ4n) is 7.99. The van der Waals surface area contributed by atoms with Gasteiger partial charge in [-0.25, -0.2) is 4.39 Å². The Morgan fingerprint density at radius 2 is 1.81 bits per heavy atom. The van der Waals surface area contributed by atoms with E-state index < -0.39 is 24.7 Å². The molecule has 0 saturated heterocycles. The molecule has 0 heterocycles. The number of phenols is 1. The number of halogens is 6. The molecule has 0 amide bonds. The van der Waals surface area contributed by atoms with Gasteiger partial charge in [-0.05, 0) is 136 Å². The second kappa shape index (κ2) is 13.7. The minimum atomic E-state index is -5.49. The van der Waals surface area contributed by atoms with Crippen molar-refractivity contribution in [2.24, 2.45) is 23.2 Å². The highest BCUT2D eigenvalue weighted by Crippen LogP contribution is 2.61. The third-order valence-corrected chi connectivity index (χ3v) is 11.4. The molecule has 0 bridgehead atoms. The summed E-state index contributed by atoms with van der Waals surface area (Å²) in [5, 5.41) is 10.1. The Bertz CT molecular complexity index is 1070. The van der Waals surface area contributed by atoms with Crippen LogP contribution in [0.4, 0.5) is 26.3 Å². The van der Waals surface area contributed by atoms with Crippen molar-refractivity contribution in [3.63, 3.8) is 0 Å². The maximum atomic E-state index is 15.5. The number of benzene rings is 1. The van der Waals surface area contributed by atoms with Crippen LogP contribution < -0.4 is 0 Å². The topological polar surface area (TPSA) is 40.5 Å². The van der Waals surface area contributed by atoms with Gasteiger partial charge in [0.2, 0.25) is 0 Å². The Hall–Kier alpha value is -1.42. The molecule has 10 heteroatoms. The van der Waals surface area contributed by atoms with Crippen LogP contribution in [0.2, 0.25) is 0 Å². The molecular weight excluding hydrogens is 576 g/mol. The summed E-state index contributed by atoms with van der Waals surface area (Å²) < 4.78 is 78.1. The van der Waals surface area contributed by atoms with Crippen LogP contribution in [0.25, 0.3) is 0 Å². The van der Waals surface area contributed by atoms with Crippen molar-refractivity contribution in [3.8, 4) is 5.75 Å². The summed E-state index contributed by atoms with van der Waals surface area (Å²) in [7, 11) is 1.96. The third-order valence-electron chi connectivity index (χ3n) is 10.2. The average Bonchev–Trinajstić information content (AvgIpc) is 3.21. The van der Waals surface area contributed by atoms with E-state index in [0.717, 1.165) is 50.8 Å². The van der Waals surface area contributed by atoms with Crippen LogP contribution in [-0.2, 0) is 11.2 Å². The van der Waals surface area contributed by atoms with Gasteiger partial charge in [-0.3, -0.25) is 4.79 Å². The van der Waals surface area contributed by atoms with Crippen molar-refractivity contribution in [2.45, 2.75) is 102 Å². The Balaban J connectivity index is 1.20. The first kappa shape index (κ1) is 33.5. The van der Waals surface area contributed by atoms with Gasteiger partial charge in [0.25, 0.3) is 0 Å². The number of hydrogen-bond acceptors (Lipinski definition) is 4. The fraction of sp³-hybridized carbons (Fsp3) is 0.781. The number of Topliss-reactive ketones (excluding diaryl/α,β-unsaturated/α-hetero) is 1. The lowest BCUT2D eigenvalue weighted by atomic mass is 9.52. The number of carbonyl (C=O) groups excluding carboxylic acids is 1. The van der Waals surface area contributed by atoms with E-state index in [1.54, 1.807) is 6.07 Å². The maximum absolute atomic E-state index is 15.5. The van der Waals surface area contributed by atoms with Gasteiger partial charge in [0, 0.05) is 18.3 Å². The number of thioether (sulfide) groups is 1. The second-order valence-corrected chi connectivity index (χ2v) is 14.3. The standard InChI is InChI=1S/C32H45F6NO2S/c1-30-13-11-26-25-8-7-24(40)20-21(25)18-22(29(26)27(30)9-10-28(30)41)19-23(33)6-3-14-39(2)15-5-17-42-16-4-12-31(34,35)32(36,37)38/h7-8,20,22-23,26-27,29,40H,3-6,9-19H2,1-2H3/t22-,23?,26+,27-,29+,30-/m0/s1. The van der Waals surface area contributed by atoms with E-state index in [9.17, 15) is 31.9 Å². The first-order valence-electron chi connectivity index (χ1n) is 15.4. The Labute approximate surface area is 250 Å². The van der Waals surface area contributed by atoms with Gasteiger partial charge in [-0.15, -0.1) is 0 Å². The molecule has 6 atom stereocenters. The highest BCUT2D eigenvalue weighted by molar-refractivity contribution is 7.99. The van der Waals surface area contributed by atoms with E-state index in [2.05, 4.69) is 11.8 Å². The number of aromatic hydroxyl groups is 1. The lowest BCUT2D eigenvalue weighted by Crippen LogP contribution is -2.46. The third kappa shape index (κ3) is 7.62. The SMILES string of the molecule is CN(CCCSCCCC(F)(F)C(F)(F)F)CCCC(F)C[C@@H]1Cc2cc(O)ccc2[C@H]2CC[C@]3(C)C(=O)CC[C@H]3[C@H]12. The molecule has 2 fully saturated rings. The monoisotopic (exact) mass is 621 g/mol. The minimum absolute atomic E-state index is 0.140. The Morgan fingerprint density at radius 3 is 2.55 bits per heavy atom. The number of nitrogens with zero attached hydrogens (tertiary/aromatic N) is 1. The van der Waals surface area contributed by atoms with Crippen LogP contribution >= 0.6 is 11.8 Å². The molecule has 0 aliphatic heterocycles. The normalized spacial score (nSPS) is 28.5. The summed E-state index contributed by atoms with van der Waals surface area (Å²) in [4.78, 5) is 15.0. The van der Waals surface area contributed by atoms with E-state index in [0.29, 0.717) is 43.1 Å². The number of ketones is 1. The zero-order valence-corrected chi connectivity index (χ0v) is 25.5. The van der Waals surface area contributed by atoms with Crippen LogP contribution in [-0.4, -0.2) is 65.7 Å². The summed E-state index contributed by atoms with van der Waals surface area (Å²) in [6.45, 7) is 3.61. The van der Waals surface area contributed by atoms with E-state index >= 15 is 4.39 Å². The zero-order chi connectivity index (χ0) is 30.7. The molecule has 0 aromatic heterocycles. The van der Waals surface area contributed by atoms with Crippen molar-refractivity contribution in [3.05, 3.63) is 29.3 Å². The first-order valence-corrected chi connectivity index (χ1v) is 16.6. The lowest BCUT2D eigenvalue weighted by Gasteiger charge is -2.52. The Morgan fingerprint density at radius 1 is 1.10 bits per heavy atom. The summed E-state index contributed by atoms with van der Waals surface area (Å²) >= 11 is 1.38. The van der Waals surface area contributed by atoms with Crippen molar-refractivity contribution < 1.29 is 36.2 Å². The molecule has 238 valence electrons.